The number of thioether (sulfide) groups is 1. The number of carbonyl (C=O) groups is 2. The van der Waals surface area contributed by atoms with E-state index in [9.17, 15) is 9.59 Å². The van der Waals surface area contributed by atoms with Gasteiger partial charge in [0.25, 0.3) is 0 Å². The molecular weight excluding hydrogens is 374 g/mol. The normalized spacial score (nSPS) is 10.6. The molecule has 1 amide bonds. The van der Waals surface area contributed by atoms with Crippen molar-refractivity contribution >= 4 is 29.1 Å². The first kappa shape index (κ1) is 19.8. The van der Waals surface area contributed by atoms with E-state index in [1.165, 1.54) is 24.2 Å². The van der Waals surface area contributed by atoms with E-state index in [-0.39, 0.29) is 11.7 Å². The minimum Gasteiger partial charge on any atom is -0.325 e. The molecule has 8 heteroatoms. The second-order valence-electron chi connectivity index (χ2n) is 6.31. The predicted molar refractivity (Wildman–Crippen MR) is 109 cm³/mol. The zero-order valence-electron chi connectivity index (χ0n) is 15.8. The van der Waals surface area contributed by atoms with Crippen molar-refractivity contribution in [2.75, 3.05) is 11.1 Å². The van der Waals surface area contributed by atoms with Crippen LogP contribution in [0.1, 0.15) is 35.7 Å². The number of amides is 1. The van der Waals surface area contributed by atoms with Crippen molar-refractivity contribution in [1.29, 1.82) is 0 Å². The molecule has 1 N–H and O–H groups in total. The summed E-state index contributed by atoms with van der Waals surface area (Å²) >= 11 is 1.50. The first-order valence-electron chi connectivity index (χ1n) is 8.92. The highest BCUT2D eigenvalue weighted by Gasteiger charge is 2.11. The van der Waals surface area contributed by atoms with Crippen molar-refractivity contribution in [3.63, 3.8) is 0 Å². The monoisotopic (exact) mass is 395 g/mol. The topological polar surface area (TPSA) is 89.8 Å². The summed E-state index contributed by atoms with van der Waals surface area (Å²) in [6, 6.07) is 15.0. The highest BCUT2D eigenvalue weighted by atomic mass is 32.2. The van der Waals surface area contributed by atoms with Crippen LogP contribution in [0, 0.1) is 6.92 Å². The lowest BCUT2D eigenvalue weighted by Gasteiger charge is -2.09. The van der Waals surface area contributed by atoms with E-state index in [1.807, 2.05) is 31.2 Å². The number of nitrogens with one attached hydrogen (secondary N) is 1. The van der Waals surface area contributed by atoms with E-state index in [0.29, 0.717) is 35.0 Å². The Hall–Kier alpha value is -3.00. The van der Waals surface area contributed by atoms with Crippen molar-refractivity contribution in [2.45, 2.75) is 31.8 Å². The Balaban J connectivity index is 1.50. The molecule has 0 atom stereocenters. The molecule has 3 rings (SSSR count). The second kappa shape index (κ2) is 9.27. The summed E-state index contributed by atoms with van der Waals surface area (Å²) in [4.78, 5) is 23.8. The van der Waals surface area contributed by atoms with Gasteiger partial charge in [-0.3, -0.25) is 9.59 Å². The number of benzene rings is 2. The van der Waals surface area contributed by atoms with E-state index in [1.54, 1.807) is 28.9 Å². The van der Waals surface area contributed by atoms with Gasteiger partial charge in [0, 0.05) is 17.7 Å². The number of rotatable bonds is 8. The van der Waals surface area contributed by atoms with Crippen LogP contribution in [0.15, 0.2) is 53.7 Å². The van der Waals surface area contributed by atoms with Gasteiger partial charge in [-0.1, -0.05) is 41.6 Å². The molecule has 0 fully saturated rings. The van der Waals surface area contributed by atoms with E-state index in [2.05, 4.69) is 20.8 Å². The van der Waals surface area contributed by atoms with Gasteiger partial charge in [-0.2, -0.15) is 4.68 Å². The van der Waals surface area contributed by atoms with Crippen molar-refractivity contribution in [3.8, 4) is 5.69 Å². The number of anilines is 1. The third-order valence-electron chi connectivity index (χ3n) is 4.08. The first-order valence-corrected chi connectivity index (χ1v) is 9.91. The van der Waals surface area contributed by atoms with Gasteiger partial charge in [-0.15, -0.1) is 5.10 Å². The molecule has 0 radical (unpaired) electrons. The number of aromatic nitrogens is 4. The third kappa shape index (κ3) is 5.04. The molecule has 1 heterocycles. The van der Waals surface area contributed by atoms with Crippen LogP contribution in [0.3, 0.4) is 0 Å². The second-order valence-corrected chi connectivity index (χ2v) is 7.37. The van der Waals surface area contributed by atoms with Crippen molar-refractivity contribution in [1.82, 2.24) is 20.2 Å². The fourth-order valence-electron chi connectivity index (χ4n) is 2.62. The lowest BCUT2D eigenvalue weighted by Crippen LogP contribution is -2.14. The number of carbonyl (C=O) groups excluding carboxylic acids is 2. The van der Waals surface area contributed by atoms with Crippen LogP contribution in [0.5, 0.6) is 0 Å². The number of aryl methyl sites for hydroxylation is 1. The number of Topliss-reactive ketones (excluding diaryl/α,β-unsaturated/α-hetero) is 1. The smallest absolute Gasteiger partial charge is 0.224 e. The first-order chi connectivity index (χ1) is 13.5. The Labute approximate surface area is 167 Å². The zero-order valence-corrected chi connectivity index (χ0v) is 16.6. The lowest BCUT2D eigenvalue weighted by atomic mass is 10.1. The van der Waals surface area contributed by atoms with Crippen LogP contribution in [0.4, 0.5) is 5.69 Å². The Morgan fingerprint density at radius 1 is 1.11 bits per heavy atom. The molecule has 0 bridgehead atoms. The predicted octanol–water partition coefficient (Wildman–Crippen LogP) is 3.68. The molecule has 3 aromatic rings. The van der Waals surface area contributed by atoms with Crippen LogP contribution in [-0.4, -0.2) is 37.7 Å². The number of hydrogen-bond donors (Lipinski definition) is 1. The Morgan fingerprint density at radius 2 is 1.86 bits per heavy atom. The van der Waals surface area contributed by atoms with Crippen molar-refractivity contribution in [2.24, 2.45) is 0 Å². The highest BCUT2D eigenvalue weighted by molar-refractivity contribution is 7.99. The Morgan fingerprint density at radius 3 is 2.61 bits per heavy atom. The lowest BCUT2D eigenvalue weighted by molar-refractivity contribution is -0.116. The molecular formula is C20H21N5O2S. The Bertz CT molecular complexity index is 969. The minimum absolute atomic E-state index is 0.0746. The van der Waals surface area contributed by atoms with Gasteiger partial charge in [0.2, 0.25) is 11.1 Å². The third-order valence-corrected chi connectivity index (χ3v) is 5.08. The molecule has 0 spiro atoms. The number of nitrogens with zero attached hydrogens (tertiary/aromatic N) is 4. The molecule has 0 unspecified atom stereocenters. The van der Waals surface area contributed by atoms with Crippen LogP contribution in [-0.2, 0) is 4.79 Å². The molecule has 7 nitrogen and oxygen atoms in total. The minimum atomic E-state index is -0.118. The van der Waals surface area contributed by atoms with Gasteiger partial charge in [0.15, 0.2) is 5.78 Å². The number of tetrazole rings is 1. The zero-order chi connectivity index (χ0) is 19.9. The van der Waals surface area contributed by atoms with Crippen molar-refractivity contribution < 1.29 is 9.59 Å². The number of ketones is 1. The van der Waals surface area contributed by atoms with Crippen molar-refractivity contribution in [3.05, 3.63) is 59.7 Å². The van der Waals surface area contributed by atoms with Gasteiger partial charge in [-0.25, -0.2) is 0 Å². The molecule has 0 aliphatic heterocycles. The summed E-state index contributed by atoms with van der Waals surface area (Å²) in [6.45, 7) is 3.51. The Kier molecular flexibility index (Phi) is 6.54. The largest absolute Gasteiger partial charge is 0.325 e. The summed E-state index contributed by atoms with van der Waals surface area (Å²) in [5, 5.41) is 15.3. The fourth-order valence-corrected chi connectivity index (χ4v) is 3.45. The maximum Gasteiger partial charge on any atom is 0.224 e. The fraction of sp³-hybridized carbons (Fsp3) is 0.250. The molecule has 28 heavy (non-hydrogen) atoms. The molecule has 144 valence electrons. The molecule has 2 aromatic carbocycles. The molecule has 0 saturated heterocycles. The molecule has 1 aromatic heterocycles. The molecule has 0 saturated carbocycles. The van der Waals surface area contributed by atoms with Crippen LogP contribution in [0.2, 0.25) is 0 Å². The van der Waals surface area contributed by atoms with E-state index in [4.69, 9.17) is 0 Å². The van der Waals surface area contributed by atoms with Crippen LogP contribution in [0.25, 0.3) is 5.69 Å². The van der Waals surface area contributed by atoms with E-state index >= 15 is 0 Å². The van der Waals surface area contributed by atoms with E-state index in [0.717, 1.165) is 5.69 Å². The highest BCUT2D eigenvalue weighted by Crippen LogP contribution is 2.20. The van der Waals surface area contributed by atoms with E-state index < -0.39 is 0 Å². The molecule has 0 aliphatic carbocycles. The summed E-state index contributed by atoms with van der Waals surface area (Å²) in [5.41, 5.74) is 3.14. The van der Waals surface area contributed by atoms with Gasteiger partial charge >= 0.3 is 0 Å². The summed E-state index contributed by atoms with van der Waals surface area (Å²) in [7, 11) is 0. The average molecular weight is 395 g/mol. The van der Waals surface area contributed by atoms with Crippen LogP contribution >= 0.6 is 11.8 Å². The maximum atomic E-state index is 12.2. The van der Waals surface area contributed by atoms with Crippen LogP contribution < -0.4 is 5.32 Å². The standard InChI is InChI=1S/C20H21N5O2S/c1-14-9-11-16(12-10-14)25-20(22-23-24-25)28-13-5-8-19(27)21-18-7-4-3-6-17(18)15(2)26/h3-4,6-7,9-12H,5,8,13H2,1-2H3,(H,21,27). The van der Waals surface area contributed by atoms with Gasteiger partial charge in [0.1, 0.15) is 0 Å². The number of hydrogen-bond acceptors (Lipinski definition) is 6. The maximum absolute atomic E-state index is 12.2. The summed E-state index contributed by atoms with van der Waals surface area (Å²) < 4.78 is 1.69. The van der Waals surface area contributed by atoms with Gasteiger partial charge in [-0.05, 0) is 55.0 Å². The van der Waals surface area contributed by atoms with Gasteiger partial charge in [0.05, 0.1) is 11.4 Å². The molecule has 0 aliphatic rings. The summed E-state index contributed by atoms with van der Waals surface area (Å²) in [5.74, 6) is 0.510. The quantitative estimate of drug-likeness (QED) is 0.355. The average Bonchev–Trinajstić information content (AvgIpc) is 3.14. The number of para-hydroxylation sites is 1. The van der Waals surface area contributed by atoms with Gasteiger partial charge < -0.3 is 5.32 Å². The summed E-state index contributed by atoms with van der Waals surface area (Å²) in [6.07, 6.45) is 1.02. The SMILES string of the molecule is CC(=O)c1ccccc1NC(=O)CCCSc1nnnn1-c1ccc(C)cc1.